The quantitative estimate of drug-likeness (QED) is 0.336. The molecule has 9 nitrogen and oxygen atoms in total. The molecule has 0 amide bonds. The van der Waals surface area contributed by atoms with Gasteiger partial charge in [-0.15, -0.1) is 0 Å². The maximum Gasteiger partial charge on any atom is 0.260 e. The zero-order chi connectivity index (χ0) is 28.1. The van der Waals surface area contributed by atoms with Crippen molar-refractivity contribution in [1.29, 1.82) is 0 Å². The van der Waals surface area contributed by atoms with Crippen molar-refractivity contribution in [2.24, 2.45) is 5.41 Å². The van der Waals surface area contributed by atoms with Gasteiger partial charge in [-0.1, -0.05) is 29.4 Å². The first-order valence-electron chi connectivity index (χ1n) is 13.2. The van der Waals surface area contributed by atoms with Gasteiger partial charge in [-0.2, -0.15) is 0 Å². The predicted molar refractivity (Wildman–Crippen MR) is 159 cm³/mol. The molecule has 6 rings (SSSR count). The van der Waals surface area contributed by atoms with Gasteiger partial charge in [0.15, 0.2) is 0 Å². The number of benzene rings is 1. The summed E-state index contributed by atoms with van der Waals surface area (Å²) < 4.78 is 16.3. The van der Waals surface area contributed by atoms with E-state index < -0.39 is 11.0 Å². The highest BCUT2D eigenvalue weighted by atomic mass is 35.5. The van der Waals surface area contributed by atoms with E-state index in [0.29, 0.717) is 21.0 Å². The third-order valence-corrected chi connectivity index (χ3v) is 10.8. The molecule has 2 N–H and O–H groups in total. The number of hydrogen-bond donors (Lipinski definition) is 2. The largest absolute Gasteiger partial charge is 0.355 e. The summed E-state index contributed by atoms with van der Waals surface area (Å²) in [4.78, 5) is 36.0. The molecule has 1 aliphatic carbocycles. The lowest BCUT2D eigenvalue weighted by Gasteiger charge is -2.44. The molecule has 1 saturated heterocycles. The molecule has 12 heteroatoms. The molecule has 1 fully saturated rings. The molecule has 3 aromatic heterocycles. The fourth-order valence-corrected chi connectivity index (χ4v) is 7.63. The van der Waals surface area contributed by atoms with Gasteiger partial charge >= 0.3 is 0 Å². The van der Waals surface area contributed by atoms with Crippen LogP contribution in [0.4, 0.5) is 5.82 Å². The molecule has 2 atom stereocenters. The van der Waals surface area contributed by atoms with Crippen LogP contribution >= 0.6 is 23.4 Å². The van der Waals surface area contributed by atoms with E-state index in [9.17, 15) is 9.00 Å². The van der Waals surface area contributed by atoms with E-state index in [1.165, 1.54) is 23.7 Å². The second-order valence-corrected chi connectivity index (χ2v) is 14.8. The highest BCUT2D eigenvalue weighted by molar-refractivity contribution is 7.99. The predicted octanol–water partition coefficient (Wildman–Crippen LogP) is 4.85. The summed E-state index contributed by atoms with van der Waals surface area (Å²) in [6, 6.07) is 7.71. The van der Waals surface area contributed by atoms with Crippen LogP contribution in [0.1, 0.15) is 50.9 Å². The monoisotopic (exact) mass is 595 g/mol. The van der Waals surface area contributed by atoms with Crippen LogP contribution in [0.3, 0.4) is 0 Å². The van der Waals surface area contributed by atoms with Crippen LogP contribution in [0.15, 0.2) is 63.9 Å². The van der Waals surface area contributed by atoms with Gasteiger partial charge < -0.3 is 9.88 Å². The van der Waals surface area contributed by atoms with Crippen LogP contribution in [0.25, 0.3) is 10.9 Å². The standard InChI is InChI=1S/C28H30ClN7O2S2/c1-27(2,3)40(38)35-25-17-5-4-10-30-19(17)13-28(25)8-11-36(12-9-28)21-14-32-22(15-31-21)39-20-7-6-18-23(24(20)29)26(37)34-16-33-18/h4-7,10,14-16,25,35H,8-9,11-13H2,1-3H3,(H,33,34,37)/t25-,40-/m1/s1. The van der Waals surface area contributed by atoms with Crippen molar-refractivity contribution in [2.45, 2.75) is 60.7 Å². The Morgan fingerprint density at radius 2 is 1.93 bits per heavy atom. The second kappa shape index (κ2) is 10.5. The first-order chi connectivity index (χ1) is 19.1. The Balaban J connectivity index is 1.17. The number of hydrogen-bond acceptors (Lipinski definition) is 8. The Hall–Kier alpha value is -2.86. The average Bonchev–Trinajstić information content (AvgIpc) is 3.23. The topological polar surface area (TPSA) is 117 Å². The third kappa shape index (κ3) is 5.04. The molecule has 4 heterocycles. The van der Waals surface area contributed by atoms with Gasteiger partial charge in [0, 0.05) is 29.9 Å². The van der Waals surface area contributed by atoms with Gasteiger partial charge in [0.1, 0.15) is 10.8 Å². The maximum absolute atomic E-state index is 13.1. The number of pyridine rings is 1. The lowest BCUT2D eigenvalue weighted by molar-refractivity contribution is 0.176. The molecule has 2 aliphatic rings. The zero-order valence-corrected chi connectivity index (χ0v) is 24.9. The number of aromatic amines is 1. The molecule has 0 unspecified atom stereocenters. The van der Waals surface area contributed by atoms with Crippen molar-refractivity contribution < 1.29 is 4.21 Å². The lowest BCUT2D eigenvalue weighted by Crippen LogP contribution is -2.48. The van der Waals surface area contributed by atoms with Crippen molar-refractivity contribution in [3.63, 3.8) is 0 Å². The van der Waals surface area contributed by atoms with Crippen LogP contribution in [-0.2, 0) is 17.4 Å². The SMILES string of the molecule is CC(C)(C)[S@@](=O)N[C@@H]1c2cccnc2CC12CCN(c1cnc(Sc3ccc4nc[nH]c(=O)c4c3Cl)cn1)CC2. The molecular weight excluding hydrogens is 566 g/mol. The molecule has 4 aromatic rings. The maximum atomic E-state index is 13.1. The van der Waals surface area contributed by atoms with Crippen molar-refractivity contribution in [3.8, 4) is 0 Å². The second-order valence-electron chi connectivity index (χ2n) is 11.3. The Morgan fingerprint density at radius 3 is 2.65 bits per heavy atom. The first-order valence-corrected chi connectivity index (χ1v) is 15.5. The fourth-order valence-electron chi connectivity index (χ4n) is 5.57. The van der Waals surface area contributed by atoms with E-state index >= 15 is 0 Å². The number of rotatable bonds is 5. The molecule has 1 spiro atoms. The lowest BCUT2D eigenvalue weighted by atomic mass is 9.73. The van der Waals surface area contributed by atoms with Crippen LogP contribution < -0.4 is 15.2 Å². The summed E-state index contributed by atoms with van der Waals surface area (Å²) in [5, 5.41) is 1.40. The van der Waals surface area contributed by atoms with Gasteiger partial charge in [-0.25, -0.2) is 23.9 Å². The highest BCUT2D eigenvalue weighted by Gasteiger charge is 2.49. The Kier molecular flexibility index (Phi) is 7.18. The molecule has 0 radical (unpaired) electrons. The summed E-state index contributed by atoms with van der Waals surface area (Å²) in [6.07, 6.45) is 9.48. The molecule has 0 saturated carbocycles. The van der Waals surface area contributed by atoms with E-state index in [0.717, 1.165) is 48.8 Å². The van der Waals surface area contributed by atoms with Gasteiger partial charge in [0.25, 0.3) is 5.56 Å². The number of anilines is 1. The van der Waals surface area contributed by atoms with Gasteiger partial charge in [0.2, 0.25) is 0 Å². The zero-order valence-electron chi connectivity index (χ0n) is 22.5. The molecule has 0 bridgehead atoms. The van der Waals surface area contributed by atoms with Crippen molar-refractivity contribution in [3.05, 3.63) is 75.8 Å². The van der Waals surface area contributed by atoms with Gasteiger partial charge in [-0.05, 0) is 69.2 Å². The summed E-state index contributed by atoms with van der Waals surface area (Å²) in [6.45, 7) is 7.63. The number of halogens is 1. The smallest absolute Gasteiger partial charge is 0.260 e. The summed E-state index contributed by atoms with van der Waals surface area (Å²) in [5.41, 5.74) is 2.50. The summed E-state index contributed by atoms with van der Waals surface area (Å²) >= 11 is 7.91. The van der Waals surface area contributed by atoms with E-state index in [1.807, 2.05) is 39.1 Å². The Morgan fingerprint density at radius 1 is 1.12 bits per heavy atom. The summed E-state index contributed by atoms with van der Waals surface area (Å²) in [7, 11) is -1.19. The highest BCUT2D eigenvalue weighted by Crippen LogP contribution is 2.52. The number of aromatic nitrogens is 5. The number of nitrogens with zero attached hydrogens (tertiary/aromatic N) is 5. The van der Waals surface area contributed by atoms with E-state index in [2.05, 4.69) is 35.6 Å². The van der Waals surface area contributed by atoms with Gasteiger partial charge in [-0.3, -0.25) is 9.78 Å². The first kappa shape index (κ1) is 27.3. The van der Waals surface area contributed by atoms with Crippen LogP contribution in [-0.4, -0.2) is 47.0 Å². The van der Waals surface area contributed by atoms with Crippen molar-refractivity contribution >= 4 is 51.1 Å². The molecular formula is C28H30ClN7O2S2. The minimum atomic E-state index is -1.19. The molecule has 40 heavy (non-hydrogen) atoms. The number of H-pyrrole nitrogens is 1. The molecule has 208 valence electrons. The van der Waals surface area contributed by atoms with Crippen LogP contribution in [0.2, 0.25) is 5.02 Å². The minimum Gasteiger partial charge on any atom is -0.355 e. The van der Waals surface area contributed by atoms with E-state index in [4.69, 9.17) is 16.6 Å². The number of fused-ring (bicyclic) bond motifs is 2. The Bertz CT molecular complexity index is 1650. The molecule has 1 aromatic carbocycles. The minimum absolute atomic E-state index is 0.00240. The fraction of sp³-hybridized carbons (Fsp3) is 0.393. The Labute approximate surface area is 244 Å². The van der Waals surface area contributed by atoms with Crippen molar-refractivity contribution in [2.75, 3.05) is 18.0 Å². The summed E-state index contributed by atoms with van der Waals surface area (Å²) in [5.74, 6) is 0.820. The molecule has 1 aliphatic heterocycles. The number of nitrogens with one attached hydrogen (secondary N) is 2. The van der Waals surface area contributed by atoms with Crippen LogP contribution in [0, 0.1) is 5.41 Å². The van der Waals surface area contributed by atoms with E-state index in [1.54, 1.807) is 18.5 Å². The van der Waals surface area contributed by atoms with E-state index in [-0.39, 0.29) is 21.8 Å². The third-order valence-electron chi connectivity index (χ3n) is 7.77. The normalized spacial score (nSPS) is 19.2. The van der Waals surface area contributed by atoms with Crippen LogP contribution in [0.5, 0.6) is 0 Å². The average molecular weight is 596 g/mol. The number of piperidine rings is 1. The van der Waals surface area contributed by atoms with Crippen molar-refractivity contribution in [1.82, 2.24) is 29.6 Å². The van der Waals surface area contributed by atoms with Gasteiger partial charge in [0.05, 0.1) is 56.4 Å².